The molecular weight excluding hydrogens is 260 g/mol. The van der Waals surface area contributed by atoms with Gasteiger partial charge in [0.05, 0.1) is 11.3 Å². The van der Waals surface area contributed by atoms with Crippen molar-refractivity contribution in [3.63, 3.8) is 0 Å². The maximum Gasteiger partial charge on any atom is 0.153 e. The van der Waals surface area contributed by atoms with Gasteiger partial charge in [0.2, 0.25) is 0 Å². The third kappa shape index (κ3) is 2.00. The van der Waals surface area contributed by atoms with Crippen molar-refractivity contribution in [1.29, 1.82) is 0 Å². The van der Waals surface area contributed by atoms with Crippen LogP contribution in [0.4, 0.5) is 5.82 Å². The molecule has 1 aromatic carbocycles. The predicted octanol–water partition coefficient (Wildman–Crippen LogP) is 3.21. The molecule has 0 atom stereocenters. The van der Waals surface area contributed by atoms with E-state index in [1.807, 2.05) is 18.3 Å². The molecular formula is C17H16N4. The Kier molecular flexibility index (Phi) is 2.74. The Hall–Kier alpha value is -2.62. The Morgan fingerprint density at radius 1 is 1.05 bits per heavy atom. The number of hydrogen-bond acceptors (Lipinski definition) is 3. The highest BCUT2D eigenvalue weighted by molar-refractivity contribution is 5.87. The van der Waals surface area contributed by atoms with Crippen molar-refractivity contribution in [2.45, 2.75) is 19.3 Å². The summed E-state index contributed by atoms with van der Waals surface area (Å²) in [6.45, 7) is 0. The Bertz CT molecular complexity index is 790. The summed E-state index contributed by atoms with van der Waals surface area (Å²) in [4.78, 5) is 4.18. The lowest BCUT2D eigenvalue weighted by molar-refractivity contribution is 0.912. The number of hydrogen-bond donors (Lipinski definition) is 2. The van der Waals surface area contributed by atoms with Gasteiger partial charge in [0.25, 0.3) is 0 Å². The normalized spacial score (nSPS) is 13.3. The third-order valence-corrected chi connectivity index (χ3v) is 4.13. The monoisotopic (exact) mass is 276 g/mol. The van der Waals surface area contributed by atoms with Crippen LogP contribution in [-0.4, -0.2) is 15.2 Å². The van der Waals surface area contributed by atoms with Gasteiger partial charge in [-0.25, -0.2) is 0 Å². The number of benzene rings is 1. The SMILES string of the molecule is Nc1n[nH]c(-c2ccc3c(c2)CCC3)c1-c1cccnc1. The molecule has 0 saturated heterocycles. The van der Waals surface area contributed by atoms with Crippen LogP contribution in [0.15, 0.2) is 42.7 Å². The zero-order valence-electron chi connectivity index (χ0n) is 11.6. The molecule has 0 radical (unpaired) electrons. The number of anilines is 1. The molecule has 0 unspecified atom stereocenters. The molecule has 0 amide bonds. The molecule has 3 N–H and O–H groups in total. The molecule has 0 aliphatic heterocycles. The van der Waals surface area contributed by atoms with Crippen molar-refractivity contribution in [2.24, 2.45) is 0 Å². The van der Waals surface area contributed by atoms with E-state index < -0.39 is 0 Å². The van der Waals surface area contributed by atoms with Crippen LogP contribution in [0.1, 0.15) is 17.5 Å². The van der Waals surface area contributed by atoms with Crippen molar-refractivity contribution in [3.05, 3.63) is 53.9 Å². The molecule has 2 aromatic heterocycles. The van der Waals surface area contributed by atoms with Crippen molar-refractivity contribution in [3.8, 4) is 22.4 Å². The minimum absolute atomic E-state index is 0.512. The van der Waals surface area contributed by atoms with Gasteiger partial charge < -0.3 is 5.73 Å². The van der Waals surface area contributed by atoms with Gasteiger partial charge in [0, 0.05) is 23.5 Å². The van der Waals surface area contributed by atoms with Crippen LogP contribution in [0.2, 0.25) is 0 Å². The van der Waals surface area contributed by atoms with Crippen LogP contribution in [0, 0.1) is 0 Å². The first-order valence-electron chi connectivity index (χ1n) is 7.19. The van der Waals surface area contributed by atoms with Gasteiger partial charge >= 0.3 is 0 Å². The first-order valence-corrected chi connectivity index (χ1v) is 7.19. The zero-order valence-corrected chi connectivity index (χ0v) is 11.6. The lowest BCUT2D eigenvalue weighted by Gasteiger charge is -2.06. The summed E-state index contributed by atoms with van der Waals surface area (Å²) in [5, 5.41) is 7.27. The van der Waals surface area contributed by atoms with Crippen LogP contribution in [0.3, 0.4) is 0 Å². The van der Waals surface area contributed by atoms with Crippen LogP contribution in [-0.2, 0) is 12.8 Å². The van der Waals surface area contributed by atoms with Gasteiger partial charge in [-0.3, -0.25) is 10.1 Å². The molecule has 21 heavy (non-hydrogen) atoms. The Morgan fingerprint density at radius 2 is 1.95 bits per heavy atom. The van der Waals surface area contributed by atoms with E-state index in [9.17, 15) is 0 Å². The Balaban J connectivity index is 1.87. The van der Waals surface area contributed by atoms with Crippen molar-refractivity contribution in [2.75, 3.05) is 5.73 Å². The van der Waals surface area contributed by atoms with E-state index in [-0.39, 0.29) is 0 Å². The zero-order chi connectivity index (χ0) is 14.2. The molecule has 4 rings (SSSR count). The number of rotatable bonds is 2. The van der Waals surface area contributed by atoms with E-state index in [0.29, 0.717) is 5.82 Å². The summed E-state index contributed by atoms with van der Waals surface area (Å²) in [5.41, 5.74) is 13.0. The lowest BCUT2D eigenvalue weighted by atomic mass is 9.99. The van der Waals surface area contributed by atoms with Crippen LogP contribution < -0.4 is 5.73 Å². The van der Waals surface area contributed by atoms with Gasteiger partial charge in [-0.15, -0.1) is 0 Å². The largest absolute Gasteiger partial charge is 0.382 e. The predicted molar refractivity (Wildman–Crippen MR) is 83.7 cm³/mol. The average molecular weight is 276 g/mol. The van der Waals surface area contributed by atoms with Gasteiger partial charge in [-0.05, 0) is 42.5 Å². The number of nitrogen functional groups attached to an aromatic ring is 1. The Labute approximate surface area is 123 Å². The molecule has 104 valence electrons. The third-order valence-electron chi connectivity index (χ3n) is 4.13. The molecule has 4 heteroatoms. The number of fused-ring (bicyclic) bond motifs is 1. The van der Waals surface area contributed by atoms with E-state index in [0.717, 1.165) is 28.8 Å². The highest BCUT2D eigenvalue weighted by Gasteiger charge is 2.17. The van der Waals surface area contributed by atoms with E-state index in [1.54, 1.807) is 6.20 Å². The molecule has 0 bridgehead atoms. The maximum absolute atomic E-state index is 6.05. The molecule has 0 fully saturated rings. The second-order valence-corrected chi connectivity index (χ2v) is 5.44. The van der Waals surface area contributed by atoms with Gasteiger partial charge in [-0.1, -0.05) is 18.2 Å². The minimum atomic E-state index is 0.512. The first-order chi connectivity index (χ1) is 10.3. The number of aryl methyl sites for hydroxylation is 2. The second-order valence-electron chi connectivity index (χ2n) is 5.44. The number of nitrogens with one attached hydrogen (secondary N) is 1. The summed E-state index contributed by atoms with van der Waals surface area (Å²) < 4.78 is 0. The van der Waals surface area contributed by atoms with Crippen LogP contribution in [0.5, 0.6) is 0 Å². The topological polar surface area (TPSA) is 67.6 Å². The van der Waals surface area contributed by atoms with E-state index in [2.05, 4.69) is 33.4 Å². The standard InChI is InChI=1S/C17H16N4/c18-17-15(14-5-2-8-19-10-14)16(20-21-17)13-7-6-11-3-1-4-12(11)9-13/h2,5-10H,1,3-4H2,(H3,18,20,21). The maximum atomic E-state index is 6.05. The summed E-state index contributed by atoms with van der Waals surface area (Å²) >= 11 is 0. The van der Waals surface area contributed by atoms with Crippen LogP contribution >= 0.6 is 0 Å². The number of H-pyrrole nitrogens is 1. The van der Waals surface area contributed by atoms with E-state index in [1.165, 1.54) is 24.0 Å². The molecule has 2 heterocycles. The van der Waals surface area contributed by atoms with Gasteiger partial charge in [-0.2, -0.15) is 5.10 Å². The number of nitrogens with two attached hydrogens (primary N) is 1. The second kappa shape index (κ2) is 4.74. The summed E-state index contributed by atoms with van der Waals surface area (Å²) in [6.07, 6.45) is 7.18. The number of pyridine rings is 1. The molecule has 0 saturated carbocycles. The smallest absolute Gasteiger partial charge is 0.153 e. The highest BCUT2D eigenvalue weighted by Crippen LogP contribution is 2.36. The van der Waals surface area contributed by atoms with Crippen molar-refractivity contribution >= 4 is 5.82 Å². The number of aromatic nitrogens is 3. The van der Waals surface area contributed by atoms with E-state index >= 15 is 0 Å². The van der Waals surface area contributed by atoms with E-state index in [4.69, 9.17) is 5.73 Å². The van der Waals surface area contributed by atoms with Crippen molar-refractivity contribution < 1.29 is 0 Å². The minimum Gasteiger partial charge on any atom is -0.382 e. The molecule has 3 aromatic rings. The lowest BCUT2D eigenvalue weighted by Crippen LogP contribution is -1.90. The Morgan fingerprint density at radius 3 is 2.81 bits per heavy atom. The summed E-state index contributed by atoms with van der Waals surface area (Å²) in [6, 6.07) is 10.5. The average Bonchev–Trinajstić information content (AvgIpc) is 3.13. The molecule has 4 nitrogen and oxygen atoms in total. The number of nitrogens with zero attached hydrogens (tertiary/aromatic N) is 2. The summed E-state index contributed by atoms with van der Waals surface area (Å²) in [7, 11) is 0. The summed E-state index contributed by atoms with van der Waals surface area (Å²) in [5.74, 6) is 0.512. The fourth-order valence-corrected chi connectivity index (χ4v) is 3.10. The highest BCUT2D eigenvalue weighted by atomic mass is 15.2. The quantitative estimate of drug-likeness (QED) is 0.755. The fourth-order valence-electron chi connectivity index (χ4n) is 3.10. The molecule has 0 spiro atoms. The van der Waals surface area contributed by atoms with Gasteiger partial charge in [0.15, 0.2) is 5.82 Å². The first kappa shape index (κ1) is 12.1. The number of aromatic amines is 1. The van der Waals surface area contributed by atoms with Crippen LogP contribution in [0.25, 0.3) is 22.4 Å². The molecule has 1 aliphatic rings. The van der Waals surface area contributed by atoms with Gasteiger partial charge in [0.1, 0.15) is 0 Å². The molecule has 1 aliphatic carbocycles. The van der Waals surface area contributed by atoms with Crippen molar-refractivity contribution in [1.82, 2.24) is 15.2 Å². The fraction of sp³-hybridized carbons (Fsp3) is 0.176.